The number of rotatable bonds is 4. The van der Waals surface area contributed by atoms with Crippen molar-refractivity contribution in [3.63, 3.8) is 0 Å². The van der Waals surface area contributed by atoms with E-state index in [2.05, 4.69) is 0 Å². The lowest BCUT2D eigenvalue weighted by molar-refractivity contribution is 0.0970. The molecule has 0 N–H and O–H groups in total. The lowest BCUT2D eigenvalue weighted by Crippen LogP contribution is -2.20. The number of nitrogens with zero attached hydrogens (tertiary/aromatic N) is 1. The predicted molar refractivity (Wildman–Crippen MR) is 80.4 cm³/mol. The molecule has 0 bridgehead atoms. The predicted octanol–water partition coefficient (Wildman–Crippen LogP) is 3.07. The SMILES string of the molecule is COc1ccc(C(=O)Cn2c(C)c(C)sc2=O)cc1Cl. The number of carbonyl (C=O) groups excluding carboxylic acids is 1. The second kappa shape index (κ2) is 5.81. The van der Waals surface area contributed by atoms with Crippen LogP contribution >= 0.6 is 22.9 Å². The smallest absolute Gasteiger partial charge is 0.307 e. The zero-order valence-corrected chi connectivity index (χ0v) is 13.0. The van der Waals surface area contributed by atoms with Gasteiger partial charge in [-0.3, -0.25) is 14.2 Å². The van der Waals surface area contributed by atoms with Crippen molar-refractivity contribution in [2.45, 2.75) is 20.4 Å². The van der Waals surface area contributed by atoms with Crippen LogP contribution in [0.4, 0.5) is 0 Å². The molecule has 4 nitrogen and oxygen atoms in total. The number of aryl methyl sites for hydroxylation is 1. The Hall–Kier alpha value is -1.59. The van der Waals surface area contributed by atoms with E-state index in [-0.39, 0.29) is 17.2 Å². The van der Waals surface area contributed by atoms with Gasteiger partial charge in [-0.2, -0.15) is 0 Å². The Labute approximate surface area is 125 Å². The molecule has 20 heavy (non-hydrogen) atoms. The number of hydrogen-bond acceptors (Lipinski definition) is 4. The largest absolute Gasteiger partial charge is 0.495 e. The van der Waals surface area contributed by atoms with Crippen LogP contribution in [0.25, 0.3) is 0 Å². The van der Waals surface area contributed by atoms with Gasteiger partial charge in [-0.15, -0.1) is 0 Å². The van der Waals surface area contributed by atoms with E-state index in [0.29, 0.717) is 16.3 Å². The number of hydrogen-bond donors (Lipinski definition) is 0. The molecule has 0 saturated carbocycles. The molecule has 1 aromatic carbocycles. The third-order valence-corrected chi connectivity index (χ3v) is 4.44. The maximum atomic E-state index is 12.2. The van der Waals surface area contributed by atoms with Gasteiger partial charge in [0.2, 0.25) is 0 Å². The second-order valence-electron chi connectivity index (χ2n) is 4.37. The van der Waals surface area contributed by atoms with Crippen LogP contribution in [0, 0.1) is 13.8 Å². The Bertz CT molecular complexity index is 718. The standard InChI is InChI=1S/C14H14ClNO3S/c1-8-9(2)20-14(18)16(8)7-12(17)10-4-5-13(19-3)11(15)6-10/h4-6H,7H2,1-3H3. The van der Waals surface area contributed by atoms with Crippen LogP contribution < -0.4 is 9.61 Å². The first kappa shape index (κ1) is 14.8. The summed E-state index contributed by atoms with van der Waals surface area (Å²) in [4.78, 5) is 24.8. The fourth-order valence-electron chi connectivity index (χ4n) is 1.84. The average molecular weight is 312 g/mol. The molecule has 0 aliphatic carbocycles. The Morgan fingerprint density at radius 3 is 2.60 bits per heavy atom. The molecule has 0 radical (unpaired) electrons. The highest BCUT2D eigenvalue weighted by Crippen LogP contribution is 2.25. The van der Waals surface area contributed by atoms with Crippen LogP contribution in [0.5, 0.6) is 5.75 Å². The summed E-state index contributed by atoms with van der Waals surface area (Å²) in [5, 5.41) is 0.379. The number of methoxy groups -OCH3 is 1. The molecule has 0 spiro atoms. The van der Waals surface area contributed by atoms with Gasteiger partial charge in [0.1, 0.15) is 5.75 Å². The highest BCUT2D eigenvalue weighted by molar-refractivity contribution is 7.09. The first-order valence-electron chi connectivity index (χ1n) is 5.97. The van der Waals surface area contributed by atoms with Crippen LogP contribution in [0.2, 0.25) is 5.02 Å². The van der Waals surface area contributed by atoms with Gasteiger partial charge in [-0.05, 0) is 32.0 Å². The minimum Gasteiger partial charge on any atom is -0.495 e. The van der Waals surface area contributed by atoms with Crippen LogP contribution in [0.15, 0.2) is 23.0 Å². The van der Waals surface area contributed by atoms with Crippen molar-refractivity contribution < 1.29 is 9.53 Å². The molecular weight excluding hydrogens is 298 g/mol. The Kier molecular flexibility index (Phi) is 4.30. The van der Waals surface area contributed by atoms with Crippen molar-refractivity contribution in [2.24, 2.45) is 0 Å². The van der Waals surface area contributed by atoms with E-state index < -0.39 is 0 Å². The molecule has 0 saturated heterocycles. The topological polar surface area (TPSA) is 48.3 Å². The molecule has 0 aliphatic heterocycles. The number of carbonyl (C=O) groups is 1. The van der Waals surface area contributed by atoms with E-state index in [1.54, 1.807) is 18.2 Å². The molecular formula is C14H14ClNO3S. The van der Waals surface area contributed by atoms with Crippen molar-refractivity contribution in [1.82, 2.24) is 4.57 Å². The molecule has 106 valence electrons. The quantitative estimate of drug-likeness (QED) is 0.815. The summed E-state index contributed by atoms with van der Waals surface area (Å²) < 4.78 is 6.53. The molecule has 0 unspecified atom stereocenters. The van der Waals surface area contributed by atoms with Gasteiger partial charge in [-0.1, -0.05) is 22.9 Å². The van der Waals surface area contributed by atoms with Gasteiger partial charge in [0.25, 0.3) is 0 Å². The lowest BCUT2D eigenvalue weighted by Gasteiger charge is -2.07. The number of ketones is 1. The summed E-state index contributed by atoms with van der Waals surface area (Å²) in [5.41, 5.74) is 1.29. The number of Topliss-reactive ketones (excluding diaryl/α,β-unsaturated/α-hetero) is 1. The summed E-state index contributed by atoms with van der Waals surface area (Å²) in [5.74, 6) is 0.362. The Morgan fingerprint density at radius 2 is 2.10 bits per heavy atom. The maximum absolute atomic E-state index is 12.2. The summed E-state index contributed by atoms with van der Waals surface area (Å²) in [6.07, 6.45) is 0. The van der Waals surface area contributed by atoms with Crippen LogP contribution in [-0.4, -0.2) is 17.5 Å². The van der Waals surface area contributed by atoms with Gasteiger partial charge in [-0.25, -0.2) is 0 Å². The Balaban J connectivity index is 2.28. The number of aromatic nitrogens is 1. The summed E-state index contributed by atoms with van der Waals surface area (Å²) in [6, 6.07) is 4.85. The molecule has 6 heteroatoms. The van der Waals surface area contributed by atoms with Gasteiger partial charge in [0.05, 0.1) is 18.7 Å². The number of thiazole rings is 1. The molecule has 0 atom stereocenters. The van der Waals surface area contributed by atoms with E-state index in [0.717, 1.165) is 21.9 Å². The minimum atomic E-state index is -0.155. The van der Waals surface area contributed by atoms with Crippen molar-refractivity contribution in [1.29, 1.82) is 0 Å². The number of ether oxygens (including phenoxy) is 1. The normalized spacial score (nSPS) is 10.6. The fraction of sp³-hybridized carbons (Fsp3) is 0.286. The maximum Gasteiger partial charge on any atom is 0.307 e. The third kappa shape index (κ3) is 2.78. The third-order valence-electron chi connectivity index (χ3n) is 3.15. The van der Waals surface area contributed by atoms with E-state index in [1.807, 2.05) is 13.8 Å². The van der Waals surface area contributed by atoms with Gasteiger partial charge in [0, 0.05) is 16.1 Å². The number of benzene rings is 1. The van der Waals surface area contributed by atoms with E-state index in [9.17, 15) is 9.59 Å². The van der Waals surface area contributed by atoms with Gasteiger partial charge in [0.15, 0.2) is 5.78 Å². The molecule has 1 heterocycles. The van der Waals surface area contributed by atoms with Crippen LogP contribution in [0.3, 0.4) is 0 Å². The Morgan fingerprint density at radius 1 is 1.40 bits per heavy atom. The highest BCUT2D eigenvalue weighted by Gasteiger charge is 2.14. The minimum absolute atomic E-state index is 0.0255. The molecule has 0 amide bonds. The van der Waals surface area contributed by atoms with Crippen molar-refractivity contribution in [3.05, 3.63) is 49.0 Å². The van der Waals surface area contributed by atoms with Gasteiger partial charge < -0.3 is 4.74 Å². The highest BCUT2D eigenvalue weighted by atomic mass is 35.5. The van der Waals surface area contributed by atoms with Gasteiger partial charge >= 0.3 is 4.87 Å². The molecule has 0 aliphatic rings. The first-order chi connectivity index (χ1) is 9.43. The van der Waals surface area contributed by atoms with Crippen molar-refractivity contribution in [2.75, 3.05) is 7.11 Å². The van der Waals surface area contributed by atoms with E-state index in [4.69, 9.17) is 16.3 Å². The summed E-state index contributed by atoms with van der Waals surface area (Å²) in [7, 11) is 1.51. The van der Waals surface area contributed by atoms with Crippen molar-refractivity contribution in [3.8, 4) is 5.75 Å². The lowest BCUT2D eigenvalue weighted by atomic mass is 10.1. The molecule has 2 rings (SSSR count). The number of halogens is 1. The average Bonchev–Trinajstić information content (AvgIpc) is 2.65. The molecule has 0 fully saturated rings. The fourth-order valence-corrected chi connectivity index (χ4v) is 2.93. The zero-order valence-electron chi connectivity index (χ0n) is 11.4. The van der Waals surface area contributed by atoms with Crippen LogP contribution in [-0.2, 0) is 6.54 Å². The van der Waals surface area contributed by atoms with Crippen LogP contribution in [0.1, 0.15) is 20.9 Å². The summed E-state index contributed by atoms with van der Waals surface area (Å²) in [6.45, 7) is 3.73. The molecule has 2 aromatic rings. The second-order valence-corrected chi connectivity index (χ2v) is 5.94. The van der Waals surface area contributed by atoms with E-state index >= 15 is 0 Å². The van der Waals surface area contributed by atoms with E-state index in [1.165, 1.54) is 11.7 Å². The summed E-state index contributed by atoms with van der Waals surface area (Å²) >= 11 is 7.15. The monoisotopic (exact) mass is 311 g/mol. The first-order valence-corrected chi connectivity index (χ1v) is 7.17. The van der Waals surface area contributed by atoms with Crippen molar-refractivity contribution >= 4 is 28.7 Å². The zero-order chi connectivity index (χ0) is 14.9. The molecule has 1 aromatic heterocycles.